The number of piperidine rings is 1. The van der Waals surface area contributed by atoms with Crippen molar-refractivity contribution in [3.05, 3.63) is 12.5 Å². The number of H-pyrrole nitrogens is 1. The van der Waals surface area contributed by atoms with Crippen LogP contribution in [0.1, 0.15) is 19.8 Å². The van der Waals surface area contributed by atoms with E-state index < -0.39 is 21.4 Å². The Morgan fingerprint density at radius 2 is 2.11 bits per heavy atom. The molecule has 100 valence electrons. The van der Waals surface area contributed by atoms with E-state index in [2.05, 4.69) is 9.97 Å². The van der Waals surface area contributed by atoms with Crippen molar-refractivity contribution in [2.75, 3.05) is 13.1 Å². The lowest BCUT2D eigenvalue weighted by Crippen LogP contribution is -2.45. The maximum atomic E-state index is 12.1. The molecule has 1 fully saturated rings. The summed E-state index contributed by atoms with van der Waals surface area (Å²) in [6.45, 7) is 2.07. The Hall–Kier alpha value is -1.41. The van der Waals surface area contributed by atoms with Gasteiger partial charge in [0.15, 0.2) is 5.03 Å². The summed E-state index contributed by atoms with van der Waals surface area (Å²) >= 11 is 0. The predicted octanol–water partition coefficient (Wildman–Crippen LogP) is 0.285. The molecule has 1 saturated heterocycles. The number of carboxylic acids is 1. The number of carbonyl (C=O) groups is 1. The molecule has 2 heterocycles. The molecule has 1 aliphatic heterocycles. The highest BCUT2D eigenvalue weighted by molar-refractivity contribution is 7.89. The fourth-order valence-electron chi connectivity index (χ4n) is 1.96. The van der Waals surface area contributed by atoms with E-state index in [9.17, 15) is 13.2 Å². The Morgan fingerprint density at radius 1 is 1.50 bits per heavy atom. The molecule has 0 atom stereocenters. The normalized spacial score (nSPS) is 20.7. The van der Waals surface area contributed by atoms with E-state index in [-0.39, 0.29) is 18.1 Å². The lowest BCUT2D eigenvalue weighted by atomic mass is 9.81. The number of aromatic amines is 1. The van der Waals surface area contributed by atoms with E-state index in [4.69, 9.17) is 5.11 Å². The minimum absolute atomic E-state index is 0.0430. The molecule has 0 aliphatic carbocycles. The molecular formula is C10H15N3O4S. The Balaban J connectivity index is 2.14. The number of nitrogens with one attached hydrogen (secondary N) is 1. The Kier molecular flexibility index (Phi) is 3.16. The maximum absolute atomic E-state index is 12.1. The Morgan fingerprint density at radius 3 is 2.56 bits per heavy atom. The first kappa shape index (κ1) is 13.0. The van der Waals surface area contributed by atoms with Crippen LogP contribution in [0.15, 0.2) is 17.6 Å². The maximum Gasteiger partial charge on any atom is 0.309 e. The SMILES string of the molecule is CC1(C(=O)O)CCN(S(=O)(=O)c2cnc[nH]2)CC1. The summed E-state index contributed by atoms with van der Waals surface area (Å²) in [5, 5.41) is 9.13. The van der Waals surface area contributed by atoms with Crippen LogP contribution in [0.3, 0.4) is 0 Å². The third kappa shape index (κ3) is 2.13. The van der Waals surface area contributed by atoms with E-state index in [1.807, 2.05) is 0 Å². The van der Waals surface area contributed by atoms with Crippen molar-refractivity contribution < 1.29 is 18.3 Å². The number of imidazole rings is 1. The standard InChI is InChI=1S/C10H15N3O4S/c1-10(9(14)15)2-4-13(5-3-10)18(16,17)8-6-11-7-12-8/h6-7H,2-5H2,1H3,(H,11,12)(H,14,15). The third-order valence-electron chi connectivity index (χ3n) is 3.43. The molecule has 8 heteroatoms. The summed E-state index contributed by atoms with van der Waals surface area (Å²) in [7, 11) is -3.57. The van der Waals surface area contributed by atoms with Crippen molar-refractivity contribution in [2.24, 2.45) is 5.41 Å². The fourth-order valence-corrected chi connectivity index (χ4v) is 3.29. The van der Waals surface area contributed by atoms with Gasteiger partial charge in [-0.2, -0.15) is 4.31 Å². The fraction of sp³-hybridized carbons (Fsp3) is 0.600. The first-order chi connectivity index (χ1) is 8.36. The van der Waals surface area contributed by atoms with Crippen LogP contribution in [0.25, 0.3) is 0 Å². The number of rotatable bonds is 3. The van der Waals surface area contributed by atoms with E-state index >= 15 is 0 Å². The average molecular weight is 273 g/mol. The molecule has 1 aliphatic rings. The minimum atomic E-state index is -3.57. The number of sulfonamides is 1. The van der Waals surface area contributed by atoms with Gasteiger partial charge < -0.3 is 10.1 Å². The number of carboxylic acid groups (broad SMARTS) is 1. The highest BCUT2D eigenvalue weighted by Crippen LogP contribution is 2.32. The van der Waals surface area contributed by atoms with Crippen LogP contribution < -0.4 is 0 Å². The number of hydrogen-bond donors (Lipinski definition) is 2. The molecule has 0 bridgehead atoms. The molecular weight excluding hydrogens is 258 g/mol. The van der Waals surface area contributed by atoms with E-state index in [0.29, 0.717) is 12.8 Å². The molecule has 18 heavy (non-hydrogen) atoms. The Bertz CT molecular complexity index is 529. The van der Waals surface area contributed by atoms with Crippen LogP contribution in [0.4, 0.5) is 0 Å². The summed E-state index contributed by atoms with van der Waals surface area (Å²) < 4.78 is 25.6. The average Bonchev–Trinajstić information content (AvgIpc) is 2.83. The van der Waals surface area contributed by atoms with Gasteiger partial charge in [0.25, 0.3) is 10.0 Å². The van der Waals surface area contributed by atoms with Gasteiger partial charge in [0, 0.05) is 13.1 Å². The number of aromatic nitrogens is 2. The number of hydrogen-bond acceptors (Lipinski definition) is 4. The summed E-state index contributed by atoms with van der Waals surface area (Å²) in [6, 6.07) is 0. The largest absolute Gasteiger partial charge is 0.481 e. The predicted molar refractivity (Wildman–Crippen MR) is 62.3 cm³/mol. The second-order valence-electron chi connectivity index (χ2n) is 4.69. The zero-order valence-corrected chi connectivity index (χ0v) is 10.8. The first-order valence-electron chi connectivity index (χ1n) is 5.58. The molecule has 2 rings (SSSR count). The van der Waals surface area contributed by atoms with Gasteiger partial charge in [0.1, 0.15) is 0 Å². The lowest BCUT2D eigenvalue weighted by Gasteiger charge is -2.35. The molecule has 0 aromatic carbocycles. The van der Waals surface area contributed by atoms with Crippen LogP contribution >= 0.6 is 0 Å². The van der Waals surface area contributed by atoms with E-state index in [0.717, 1.165) is 0 Å². The van der Waals surface area contributed by atoms with Crippen molar-refractivity contribution in [1.29, 1.82) is 0 Å². The van der Waals surface area contributed by atoms with Crippen molar-refractivity contribution in [3.63, 3.8) is 0 Å². The van der Waals surface area contributed by atoms with E-state index in [1.54, 1.807) is 6.92 Å². The summed E-state index contributed by atoms with van der Waals surface area (Å²) in [5.74, 6) is -0.874. The lowest BCUT2D eigenvalue weighted by molar-refractivity contribution is -0.150. The van der Waals surface area contributed by atoms with Gasteiger partial charge in [-0.25, -0.2) is 13.4 Å². The van der Waals surface area contributed by atoms with Gasteiger partial charge in [-0.3, -0.25) is 4.79 Å². The van der Waals surface area contributed by atoms with Crippen LogP contribution in [-0.4, -0.2) is 46.9 Å². The molecule has 7 nitrogen and oxygen atoms in total. The summed E-state index contributed by atoms with van der Waals surface area (Å²) in [5.41, 5.74) is -0.833. The second kappa shape index (κ2) is 4.36. The molecule has 0 amide bonds. The molecule has 1 aromatic rings. The minimum Gasteiger partial charge on any atom is -0.481 e. The zero-order chi connectivity index (χ0) is 13.4. The topological polar surface area (TPSA) is 103 Å². The number of aliphatic carboxylic acids is 1. The second-order valence-corrected chi connectivity index (χ2v) is 6.59. The zero-order valence-electron chi connectivity index (χ0n) is 9.96. The molecule has 0 spiro atoms. The molecule has 2 N–H and O–H groups in total. The van der Waals surface area contributed by atoms with Gasteiger partial charge in [-0.1, -0.05) is 0 Å². The van der Waals surface area contributed by atoms with Crippen LogP contribution in [0.5, 0.6) is 0 Å². The molecule has 0 radical (unpaired) electrons. The van der Waals surface area contributed by atoms with Crippen molar-refractivity contribution in [3.8, 4) is 0 Å². The number of nitrogens with zero attached hydrogens (tertiary/aromatic N) is 2. The highest BCUT2D eigenvalue weighted by Gasteiger charge is 2.40. The van der Waals surface area contributed by atoms with Gasteiger partial charge in [0.05, 0.1) is 17.9 Å². The van der Waals surface area contributed by atoms with Crippen molar-refractivity contribution >= 4 is 16.0 Å². The van der Waals surface area contributed by atoms with Crippen LogP contribution in [-0.2, 0) is 14.8 Å². The van der Waals surface area contributed by atoms with E-state index in [1.165, 1.54) is 16.8 Å². The summed E-state index contributed by atoms with van der Waals surface area (Å²) in [4.78, 5) is 17.3. The first-order valence-corrected chi connectivity index (χ1v) is 7.02. The third-order valence-corrected chi connectivity index (χ3v) is 5.26. The van der Waals surface area contributed by atoms with Crippen molar-refractivity contribution in [2.45, 2.75) is 24.8 Å². The van der Waals surface area contributed by atoms with Gasteiger partial charge in [0.2, 0.25) is 0 Å². The molecule has 0 unspecified atom stereocenters. The van der Waals surface area contributed by atoms with Crippen LogP contribution in [0, 0.1) is 5.41 Å². The molecule has 1 aromatic heterocycles. The Labute approximate surface area is 105 Å². The van der Waals surface area contributed by atoms with Crippen molar-refractivity contribution in [1.82, 2.24) is 14.3 Å². The monoisotopic (exact) mass is 273 g/mol. The highest BCUT2D eigenvalue weighted by atomic mass is 32.2. The quantitative estimate of drug-likeness (QED) is 0.823. The smallest absolute Gasteiger partial charge is 0.309 e. The summed E-state index contributed by atoms with van der Waals surface area (Å²) in [6.07, 6.45) is 3.18. The van der Waals surface area contributed by atoms with Gasteiger partial charge in [-0.05, 0) is 19.8 Å². The van der Waals surface area contributed by atoms with Gasteiger partial charge >= 0.3 is 5.97 Å². The van der Waals surface area contributed by atoms with Gasteiger partial charge in [-0.15, -0.1) is 0 Å². The molecule has 0 saturated carbocycles. The van der Waals surface area contributed by atoms with Crippen LogP contribution in [0.2, 0.25) is 0 Å².